The molecule has 0 radical (unpaired) electrons. The average Bonchev–Trinajstić information content (AvgIpc) is 3.13. The molecular formula is C30H66O9S12Si3. The highest BCUT2D eigenvalue weighted by atomic mass is 33.7. The molecule has 9 nitrogen and oxygen atoms in total. The van der Waals surface area contributed by atoms with E-state index in [-0.39, 0.29) is 8.83 Å². The van der Waals surface area contributed by atoms with Gasteiger partial charge in [0.15, 0.2) is 0 Å². The first-order valence-corrected chi connectivity index (χ1v) is 39.5. The zero-order valence-corrected chi connectivity index (χ0v) is 46.8. The molecule has 54 heavy (non-hydrogen) atoms. The summed E-state index contributed by atoms with van der Waals surface area (Å²) in [6.45, 7) is 28.3. The Bertz CT molecular complexity index is 848. The Morgan fingerprint density at radius 1 is 0.407 bits per heavy atom. The molecule has 1 aliphatic rings. The summed E-state index contributed by atoms with van der Waals surface area (Å²) in [7, 11) is 14.6. The van der Waals surface area contributed by atoms with E-state index in [1.807, 2.05) is 143 Å². The van der Waals surface area contributed by atoms with Crippen molar-refractivity contribution < 1.29 is 39.8 Å². The van der Waals surface area contributed by atoms with Crippen LogP contribution >= 0.6 is 124 Å². The third kappa shape index (κ3) is 19.5. The average molecular weight is 1040 g/mol. The summed E-state index contributed by atoms with van der Waals surface area (Å²) >= 11 is 0. The molecule has 0 spiro atoms. The molecule has 0 aromatic heterocycles. The van der Waals surface area contributed by atoms with Crippen molar-refractivity contribution in [2.75, 3.05) is 75.6 Å². The van der Waals surface area contributed by atoms with Gasteiger partial charge in [-0.25, -0.2) is 0 Å². The first-order chi connectivity index (χ1) is 26.1. The van der Waals surface area contributed by atoms with E-state index in [0.717, 1.165) is 22.5 Å². The molecule has 1 fully saturated rings. The van der Waals surface area contributed by atoms with E-state index >= 15 is 0 Å². The number of hydrogen-bond donors (Lipinski definition) is 0. The predicted octanol–water partition coefficient (Wildman–Crippen LogP) is 13.4. The van der Waals surface area contributed by atoms with Crippen molar-refractivity contribution in [2.45, 2.75) is 111 Å². The lowest BCUT2D eigenvalue weighted by atomic mass is 9.79. The Morgan fingerprint density at radius 2 is 0.685 bits per heavy atom. The Hall–Kier alpha value is 4.49. The van der Waals surface area contributed by atoms with Gasteiger partial charge in [0.2, 0.25) is 0 Å². The van der Waals surface area contributed by atoms with Crippen LogP contribution in [0.3, 0.4) is 0 Å². The topological polar surface area (TPSA) is 83.1 Å². The van der Waals surface area contributed by atoms with Gasteiger partial charge in [-0.3, -0.25) is 0 Å². The third-order valence-electron chi connectivity index (χ3n) is 7.61. The van der Waals surface area contributed by atoms with Crippen LogP contribution in [0.1, 0.15) is 102 Å². The third-order valence-corrected chi connectivity index (χ3v) is 43.1. The Morgan fingerprint density at radius 3 is 0.963 bits per heavy atom. The van der Waals surface area contributed by atoms with Gasteiger partial charge in [0.1, 0.15) is 0 Å². The van der Waals surface area contributed by atoms with E-state index < -0.39 is 26.4 Å². The zero-order valence-electron chi connectivity index (χ0n) is 34.0. The fourth-order valence-corrected chi connectivity index (χ4v) is 45.7. The SMILES string of the molecule is CCO[Si](CSSSSC1(SSSSC[Si](OCC)(OCC)OCC)CCCCC1(SSSSC[Si](OCC)(OCC)OCC)C(C)C)(OCC)OCC. The van der Waals surface area contributed by atoms with Crippen LogP contribution in [0.5, 0.6) is 0 Å². The molecule has 0 aromatic rings. The van der Waals surface area contributed by atoms with Gasteiger partial charge in [-0.05, 0) is 140 Å². The first-order valence-electron chi connectivity index (χ1n) is 18.7. The van der Waals surface area contributed by atoms with Crippen molar-refractivity contribution in [1.82, 2.24) is 0 Å². The van der Waals surface area contributed by atoms with Crippen LogP contribution in [0, 0.1) is 5.92 Å². The normalized spacial score (nSPS) is 18.2. The van der Waals surface area contributed by atoms with E-state index in [1.54, 1.807) is 32.4 Å². The largest absolute Gasteiger partial charge is 0.512 e. The van der Waals surface area contributed by atoms with E-state index in [9.17, 15) is 0 Å². The molecule has 1 unspecified atom stereocenters. The summed E-state index contributed by atoms with van der Waals surface area (Å²) in [5, 5.41) is 2.16. The molecule has 1 rings (SSSR count). The molecule has 1 atom stereocenters. The van der Waals surface area contributed by atoms with Crippen LogP contribution < -0.4 is 0 Å². The van der Waals surface area contributed by atoms with Crippen molar-refractivity contribution in [3.8, 4) is 0 Å². The second-order valence-electron chi connectivity index (χ2n) is 11.4. The van der Waals surface area contributed by atoms with Crippen LogP contribution in [0.15, 0.2) is 0 Å². The molecule has 0 aliphatic heterocycles. The molecular weight excluding hydrogens is 973 g/mol. The molecule has 0 aromatic carbocycles. The molecule has 0 bridgehead atoms. The maximum absolute atomic E-state index is 6.14. The van der Waals surface area contributed by atoms with Crippen LogP contribution in [-0.2, 0) is 39.8 Å². The van der Waals surface area contributed by atoms with Crippen molar-refractivity contribution in [1.29, 1.82) is 0 Å². The highest BCUT2D eigenvalue weighted by molar-refractivity contribution is 9.29. The summed E-state index contributed by atoms with van der Waals surface area (Å²) in [6.07, 6.45) is 4.76. The van der Waals surface area contributed by atoms with Crippen molar-refractivity contribution in [3.05, 3.63) is 0 Å². The van der Waals surface area contributed by atoms with Crippen molar-refractivity contribution >= 4 is 150 Å². The van der Waals surface area contributed by atoms with E-state index in [2.05, 4.69) is 24.6 Å². The van der Waals surface area contributed by atoms with Gasteiger partial charge >= 0.3 is 26.4 Å². The predicted molar refractivity (Wildman–Crippen MR) is 266 cm³/mol. The summed E-state index contributed by atoms with van der Waals surface area (Å²) in [4.78, 5) is 0. The standard InChI is InChI=1S/C30H66O9S12Si3/c1-12-31-52(32-13-2,33-14-3)25-40-46-49-43-29(28(10)11)23-21-22-24-30(29,44-50-47-41-26-53(34-15-4,35-16-5)36-17-6)45-51-48-42-27-54(37-18-7,38-19-8)39-20-9/h28H,12-27H2,1-11H3. The monoisotopic (exact) mass is 1040 g/mol. The summed E-state index contributed by atoms with van der Waals surface area (Å²) in [6, 6.07) is 0. The van der Waals surface area contributed by atoms with Gasteiger partial charge in [-0.1, -0.05) is 91.5 Å². The van der Waals surface area contributed by atoms with Gasteiger partial charge < -0.3 is 39.8 Å². The summed E-state index contributed by atoms with van der Waals surface area (Å²) < 4.78 is 55.2. The summed E-state index contributed by atoms with van der Waals surface area (Å²) in [5.41, 5.74) is 0. The van der Waals surface area contributed by atoms with Crippen molar-refractivity contribution in [3.63, 3.8) is 0 Å². The summed E-state index contributed by atoms with van der Waals surface area (Å²) in [5.74, 6) is 0.462. The number of rotatable bonds is 37. The lowest BCUT2D eigenvalue weighted by Gasteiger charge is -2.53. The van der Waals surface area contributed by atoms with Crippen molar-refractivity contribution in [2.24, 2.45) is 5.92 Å². The quantitative estimate of drug-likeness (QED) is 0.0256. The van der Waals surface area contributed by atoms with Crippen LogP contribution in [0.2, 0.25) is 0 Å². The Kier molecular flexibility index (Phi) is 34.6. The van der Waals surface area contributed by atoms with Gasteiger partial charge in [0, 0.05) is 59.5 Å². The highest BCUT2D eigenvalue weighted by Gasteiger charge is 2.57. The van der Waals surface area contributed by atoms with Crippen LogP contribution in [0.4, 0.5) is 0 Å². The van der Waals surface area contributed by atoms with Gasteiger partial charge in [-0.2, -0.15) is 0 Å². The molecule has 324 valence electrons. The number of hydrogen-bond acceptors (Lipinski definition) is 21. The second kappa shape index (κ2) is 33.1. The maximum Gasteiger partial charge on any atom is 0.512 e. The van der Waals surface area contributed by atoms with E-state index in [1.165, 1.54) is 19.3 Å². The highest BCUT2D eigenvalue weighted by Crippen LogP contribution is 2.73. The van der Waals surface area contributed by atoms with E-state index in [0.29, 0.717) is 65.4 Å². The molecule has 0 amide bonds. The van der Waals surface area contributed by atoms with E-state index in [4.69, 9.17) is 39.8 Å². The minimum absolute atomic E-state index is 0.0322. The molecule has 0 saturated heterocycles. The van der Waals surface area contributed by atoms with Crippen LogP contribution in [-0.4, -0.2) is 111 Å². The molecule has 24 heteroatoms. The minimum Gasteiger partial charge on any atom is -0.373 e. The van der Waals surface area contributed by atoms with Gasteiger partial charge in [-0.15, -0.1) is 0 Å². The minimum atomic E-state index is -2.73. The van der Waals surface area contributed by atoms with Crippen LogP contribution in [0.25, 0.3) is 0 Å². The fraction of sp³-hybridized carbons (Fsp3) is 1.00. The second-order valence-corrected chi connectivity index (χ2v) is 39.4. The lowest BCUT2D eigenvalue weighted by molar-refractivity contribution is 0.0765. The van der Waals surface area contributed by atoms with Gasteiger partial charge in [0.25, 0.3) is 0 Å². The molecule has 0 heterocycles. The molecule has 1 saturated carbocycles. The molecule has 1 aliphatic carbocycles. The van der Waals surface area contributed by atoms with Gasteiger partial charge in [0.05, 0.1) is 25.0 Å². The maximum atomic E-state index is 6.14. The lowest BCUT2D eigenvalue weighted by Crippen LogP contribution is -2.51. The fourth-order valence-electron chi connectivity index (χ4n) is 5.60. The first kappa shape index (κ1) is 56.5. The zero-order chi connectivity index (χ0) is 40.2. The Labute approximate surface area is 378 Å². The Balaban J connectivity index is 3.21. The smallest absolute Gasteiger partial charge is 0.373 e. The molecule has 0 N–H and O–H groups in total.